The number of carbonyl (C=O) groups excluding carboxylic acids is 1. The van der Waals surface area contributed by atoms with Gasteiger partial charge in [0, 0.05) is 11.6 Å². The summed E-state index contributed by atoms with van der Waals surface area (Å²) in [6.07, 6.45) is 4.79. The lowest BCUT2D eigenvalue weighted by atomic mass is 10.1. The normalized spacial score (nSPS) is 17.3. The third-order valence-corrected chi connectivity index (χ3v) is 4.11. The molecule has 1 aromatic rings. The summed E-state index contributed by atoms with van der Waals surface area (Å²) < 4.78 is 13.9. The maximum atomic E-state index is 13.9. The van der Waals surface area contributed by atoms with Crippen molar-refractivity contribution in [2.45, 2.75) is 31.7 Å². The number of halogens is 1. The number of carbonyl (C=O) groups is 1. The molecule has 0 saturated heterocycles. The summed E-state index contributed by atoms with van der Waals surface area (Å²) in [6.45, 7) is 0.187. The fourth-order valence-electron chi connectivity index (χ4n) is 2.67. The summed E-state index contributed by atoms with van der Waals surface area (Å²) in [7, 11) is 0. The van der Waals surface area contributed by atoms with Gasteiger partial charge in [-0.3, -0.25) is 4.79 Å². The Bertz CT molecular complexity index is 597. The highest BCUT2D eigenvalue weighted by molar-refractivity contribution is 5.94. The molecule has 4 heteroatoms. The second kappa shape index (κ2) is 5.87. The van der Waals surface area contributed by atoms with Crippen LogP contribution < -0.4 is 11.1 Å². The molecule has 110 valence electrons. The summed E-state index contributed by atoms with van der Waals surface area (Å²) in [5.74, 6) is 5.86. The van der Waals surface area contributed by atoms with E-state index in [1.165, 1.54) is 37.8 Å². The monoisotopic (exact) mass is 286 g/mol. The molecule has 0 unspecified atom stereocenters. The molecule has 2 aliphatic carbocycles. The molecule has 2 saturated carbocycles. The number of nitrogens with two attached hydrogens (primary N) is 1. The van der Waals surface area contributed by atoms with Crippen molar-refractivity contribution in [1.29, 1.82) is 0 Å². The highest BCUT2D eigenvalue weighted by atomic mass is 19.1. The molecule has 1 amide bonds. The van der Waals surface area contributed by atoms with Crippen molar-refractivity contribution in [3.8, 4) is 11.8 Å². The van der Waals surface area contributed by atoms with E-state index in [-0.39, 0.29) is 24.1 Å². The van der Waals surface area contributed by atoms with Crippen molar-refractivity contribution >= 4 is 5.91 Å². The number of nitrogens with one attached hydrogen (secondary N) is 1. The predicted molar refractivity (Wildman–Crippen MR) is 79.0 cm³/mol. The summed E-state index contributed by atoms with van der Waals surface area (Å²) in [4.78, 5) is 12.3. The molecule has 0 heterocycles. The van der Waals surface area contributed by atoms with Gasteiger partial charge in [0.1, 0.15) is 5.82 Å². The Hall–Kier alpha value is -1.86. The molecule has 0 bridgehead atoms. The van der Waals surface area contributed by atoms with Gasteiger partial charge in [-0.05, 0) is 55.7 Å². The van der Waals surface area contributed by atoms with Crippen molar-refractivity contribution in [2.24, 2.45) is 17.6 Å². The summed E-state index contributed by atoms with van der Waals surface area (Å²) in [6, 6.07) is 4.69. The van der Waals surface area contributed by atoms with Crippen LogP contribution in [-0.4, -0.2) is 18.5 Å². The van der Waals surface area contributed by atoms with Gasteiger partial charge in [0.05, 0.1) is 12.1 Å². The minimum Gasteiger partial charge on any atom is -0.349 e. The smallest absolute Gasteiger partial charge is 0.251 e. The van der Waals surface area contributed by atoms with Crippen LogP contribution in [-0.2, 0) is 0 Å². The predicted octanol–water partition coefficient (Wildman–Crippen LogP) is 2.05. The van der Waals surface area contributed by atoms with Crippen molar-refractivity contribution in [3.63, 3.8) is 0 Å². The molecular weight excluding hydrogens is 267 g/mol. The third-order valence-electron chi connectivity index (χ3n) is 4.11. The zero-order valence-electron chi connectivity index (χ0n) is 11.9. The molecule has 0 aromatic heterocycles. The number of rotatable bonds is 4. The molecule has 1 aromatic carbocycles. The number of hydrogen-bond acceptors (Lipinski definition) is 2. The average molecular weight is 286 g/mol. The van der Waals surface area contributed by atoms with Gasteiger partial charge < -0.3 is 11.1 Å². The zero-order chi connectivity index (χ0) is 14.8. The first-order valence-corrected chi connectivity index (χ1v) is 7.48. The number of amides is 1. The van der Waals surface area contributed by atoms with E-state index >= 15 is 0 Å². The molecule has 0 spiro atoms. The van der Waals surface area contributed by atoms with E-state index in [4.69, 9.17) is 5.73 Å². The van der Waals surface area contributed by atoms with Gasteiger partial charge in [0.2, 0.25) is 0 Å². The first-order chi connectivity index (χ1) is 10.2. The lowest BCUT2D eigenvalue weighted by Crippen LogP contribution is -2.38. The standard InChI is InChI=1S/C17H19FN2O/c18-15-10-14(8-3-11(15)2-1-9-19)17(21)20-16(12-4-5-12)13-6-7-13/h3,8,10,12-13,16H,4-7,9,19H2,(H,20,21). The van der Waals surface area contributed by atoms with Crippen LogP contribution >= 0.6 is 0 Å². The molecule has 3 rings (SSSR count). The maximum Gasteiger partial charge on any atom is 0.251 e. The Morgan fingerprint density at radius 1 is 1.33 bits per heavy atom. The van der Waals surface area contributed by atoms with E-state index in [0.29, 0.717) is 17.4 Å². The van der Waals surface area contributed by atoms with Crippen molar-refractivity contribution in [2.75, 3.05) is 6.54 Å². The SMILES string of the molecule is NCC#Cc1ccc(C(=O)NC(C2CC2)C2CC2)cc1F. The fraction of sp³-hybridized carbons (Fsp3) is 0.471. The summed E-state index contributed by atoms with van der Waals surface area (Å²) >= 11 is 0. The quantitative estimate of drug-likeness (QED) is 0.832. The second-order valence-electron chi connectivity index (χ2n) is 5.87. The molecule has 2 aliphatic rings. The van der Waals surface area contributed by atoms with Gasteiger partial charge in [-0.15, -0.1) is 0 Å². The van der Waals surface area contributed by atoms with Gasteiger partial charge >= 0.3 is 0 Å². The van der Waals surface area contributed by atoms with Crippen LogP contribution in [0.4, 0.5) is 4.39 Å². The molecule has 0 atom stereocenters. The van der Waals surface area contributed by atoms with E-state index in [1.54, 1.807) is 6.07 Å². The van der Waals surface area contributed by atoms with Gasteiger partial charge in [-0.1, -0.05) is 11.8 Å². The lowest BCUT2D eigenvalue weighted by molar-refractivity contribution is 0.0926. The van der Waals surface area contributed by atoms with Crippen LogP contribution in [0, 0.1) is 29.5 Å². The number of benzene rings is 1. The van der Waals surface area contributed by atoms with Gasteiger partial charge in [-0.25, -0.2) is 4.39 Å². The van der Waals surface area contributed by atoms with Crippen LogP contribution in [0.2, 0.25) is 0 Å². The van der Waals surface area contributed by atoms with E-state index < -0.39 is 5.82 Å². The maximum absolute atomic E-state index is 13.9. The third kappa shape index (κ3) is 3.43. The van der Waals surface area contributed by atoms with E-state index in [0.717, 1.165) is 0 Å². The highest BCUT2D eigenvalue weighted by Crippen LogP contribution is 2.44. The molecule has 2 fully saturated rings. The van der Waals surface area contributed by atoms with Crippen LogP contribution in [0.25, 0.3) is 0 Å². The van der Waals surface area contributed by atoms with Gasteiger partial charge in [0.15, 0.2) is 0 Å². The van der Waals surface area contributed by atoms with E-state index in [2.05, 4.69) is 17.2 Å². The molecule has 3 N–H and O–H groups in total. The molecule has 3 nitrogen and oxygen atoms in total. The first kappa shape index (κ1) is 14.1. The largest absolute Gasteiger partial charge is 0.349 e. The Morgan fingerprint density at radius 3 is 2.52 bits per heavy atom. The minimum absolute atomic E-state index is 0.184. The van der Waals surface area contributed by atoms with Gasteiger partial charge in [-0.2, -0.15) is 0 Å². The summed E-state index contributed by atoms with van der Waals surface area (Å²) in [5.41, 5.74) is 5.90. The van der Waals surface area contributed by atoms with Crippen molar-refractivity contribution in [3.05, 3.63) is 35.1 Å². The Morgan fingerprint density at radius 2 is 2.00 bits per heavy atom. The Balaban J connectivity index is 1.70. The molecule has 0 aliphatic heterocycles. The van der Waals surface area contributed by atoms with Crippen LogP contribution in [0.15, 0.2) is 18.2 Å². The molecular formula is C17H19FN2O. The second-order valence-corrected chi connectivity index (χ2v) is 5.87. The number of hydrogen-bond donors (Lipinski definition) is 2. The fourth-order valence-corrected chi connectivity index (χ4v) is 2.67. The topological polar surface area (TPSA) is 55.1 Å². The highest BCUT2D eigenvalue weighted by Gasteiger charge is 2.42. The molecule has 0 radical (unpaired) electrons. The van der Waals surface area contributed by atoms with Crippen LogP contribution in [0.1, 0.15) is 41.6 Å². The van der Waals surface area contributed by atoms with E-state index in [1.807, 2.05) is 0 Å². The lowest BCUT2D eigenvalue weighted by Gasteiger charge is -2.17. The Kier molecular flexibility index (Phi) is 3.94. The van der Waals surface area contributed by atoms with Gasteiger partial charge in [0.25, 0.3) is 5.91 Å². The van der Waals surface area contributed by atoms with Crippen LogP contribution in [0.5, 0.6) is 0 Å². The van der Waals surface area contributed by atoms with E-state index in [9.17, 15) is 9.18 Å². The zero-order valence-corrected chi connectivity index (χ0v) is 11.9. The first-order valence-electron chi connectivity index (χ1n) is 7.48. The van der Waals surface area contributed by atoms with Crippen molar-refractivity contribution in [1.82, 2.24) is 5.32 Å². The summed E-state index contributed by atoms with van der Waals surface area (Å²) in [5, 5.41) is 3.09. The molecule has 21 heavy (non-hydrogen) atoms. The minimum atomic E-state index is -0.474. The Labute approximate surface area is 124 Å². The van der Waals surface area contributed by atoms with Crippen LogP contribution in [0.3, 0.4) is 0 Å². The average Bonchev–Trinajstić information content (AvgIpc) is 3.36. The van der Waals surface area contributed by atoms with Crippen molar-refractivity contribution < 1.29 is 9.18 Å².